The Labute approximate surface area is 151 Å². The molecule has 2 aliphatic rings. The van der Waals surface area contributed by atoms with Crippen molar-refractivity contribution in [2.45, 2.75) is 39.2 Å². The van der Waals surface area contributed by atoms with Crippen molar-refractivity contribution in [1.29, 1.82) is 0 Å². The maximum atomic E-state index is 12.7. The fourth-order valence-corrected chi connectivity index (χ4v) is 3.90. The highest BCUT2D eigenvalue weighted by Gasteiger charge is 2.57. The molecular formula is C19H29ClN2O2. The van der Waals surface area contributed by atoms with Crippen LogP contribution in [0.1, 0.15) is 44.7 Å². The number of carbonyl (C=O) groups excluding carboxylic acids is 1. The Morgan fingerprint density at radius 3 is 2.42 bits per heavy atom. The Hall–Kier alpha value is -1.26. The third-order valence-corrected chi connectivity index (χ3v) is 5.54. The number of ether oxygens (including phenoxy) is 1. The second-order valence-electron chi connectivity index (χ2n) is 7.37. The fourth-order valence-electron chi connectivity index (χ4n) is 3.90. The number of halogens is 1. The third kappa shape index (κ3) is 3.86. The van der Waals surface area contributed by atoms with E-state index in [1.165, 1.54) is 0 Å². The topological polar surface area (TPSA) is 50.4 Å². The van der Waals surface area contributed by atoms with E-state index in [0.717, 1.165) is 43.7 Å². The maximum Gasteiger partial charge on any atom is 0.224 e. The number of nitrogens with one attached hydrogen (secondary N) is 2. The Balaban J connectivity index is 0.00000208. The molecule has 0 radical (unpaired) electrons. The molecule has 1 heterocycles. The van der Waals surface area contributed by atoms with Crippen LogP contribution in [0.4, 0.5) is 0 Å². The molecule has 1 amide bonds. The van der Waals surface area contributed by atoms with E-state index in [2.05, 4.69) is 36.6 Å². The van der Waals surface area contributed by atoms with Gasteiger partial charge in [0.15, 0.2) is 0 Å². The van der Waals surface area contributed by atoms with E-state index >= 15 is 0 Å². The van der Waals surface area contributed by atoms with E-state index in [9.17, 15) is 4.79 Å². The normalized spacial score (nSPS) is 22.6. The van der Waals surface area contributed by atoms with Crippen molar-refractivity contribution in [3.05, 3.63) is 29.8 Å². The molecule has 1 saturated carbocycles. The number of hydrogen-bond donors (Lipinski definition) is 2. The van der Waals surface area contributed by atoms with E-state index in [-0.39, 0.29) is 35.7 Å². The van der Waals surface area contributed by atoms with Gasteiger partial charge >= 0.3 is 0 Å². The van der Waals surface area contributed by atoms with Crippen LogP contribution in [0, 0.1) is 17.3 Å². The lowest BCUT2D eigenvalue weighted by Crippen LogP contribution is -2.36. The maximum absolute atomic E-state index is 12.7. The molecule has 1 aromatic rings. The quantitative estimate of drug-likeness (QED) is 0.854. The molecule has 0 bridgehead atoms. The number of piperidine rings is 1. The lowest BCUT2D eigenvalue weighted by Gasteiger charge is -2.26. The summed E-state index contributed by atoms with van der Waals surface area (Å²) in [5.74, 6) is 1.65. The number of hydrogen-bond acceptors (Lipinski definition) is 3. The molecule has 1 saturated heterocycles. The molecule has 2 atom stereocenters. The van der Waals surface area contributed by atoms with Gasteiger partial charge in [-0.2, -0.15) is 0 Å². The first kappa shape index (κ1) is 19.1. The second-order valence-corrected chi connectivity index (χ2v) is 7.37. The summed E-state index contributed by atoms with van der Waals surface area (Å²) in [6.07, 6.45) is 3.34. The lowest BCUT2D eigenvalue weighted by atomic mass is 9.91. The fraction of sp³-hybridized carbons (Fsp3) is 0.632. The van der Waals surface area contributed by atoms with Gasteiger partial charge in [-0.15, -0.1) is 12.4 Å². The highest BCUT2D eigenvalue weighted by atomic mass is 35.5. The van der Waals surface area contributed by atoms with E-state index in [4.69, 9.17) is 4.74 Å². The number of carbonyl (C=O) groups is 1. The van der Waals surface area contributed by atoms with Gasteiger partial charge in [0.2, 0.25) is 5.91 Å². The second kappa shape index (κ2) is 7.75. The molecule has 1 aromatic carbocycles. The lowest BCUT2D eigenvalue weighted by molar-refractivity contribution is -0.124. The predicted octanol–water partition coefficient (Wildman–Crippen LogP) is 3.32. The van der Waals surface area contributed by atoms with Crippen molar-refractivity contribution in [1.82, 2.24) is 10.6 Å². The van der Waals surface area contributed by atoms with Crippen LogP contribution in [-0.2, 0) is 4.79 Å². The Bertz CT molecular complexity index is 553. The number of rotatable bonds is 5. The summed E-state index contributed by atoms with van der Waals surface area (Å²) in [4.78, 5) is 12.7. The molecule has 3 rings (SSSR count). The van der Waals surface area contributed by atoms with Crippen molar-refractivity contribution >= 4 is 18.3 Å². The summed E-state index contributed by atoms with van der Waals surface area (Å²) in [6, 6.07) is 8.09. The van der Waals surface area contributed by atoms with Crippen molar-refractivity contribution in [2.24, 2.45) is 17.3 Å². The SMILES string of the molecule is COc1ccc(C(NC(=O)C2CC23CCNCC3)C(C)C)cc1.Cl. The Morgan fingerprint density at radius 2 is 1.88 bits per heavy atom. The smallest absolute Gasteiger partial charge is 0.224 e. The standard InChI is InChI=1S/C19H28N2O2.ClH/c1-13(2)17(14-4-6-15(23-3)7-5-14)21-18(22)16-12-19(16)8-10-20-11-9-19;/h4-7,13,16-17,20H,8-12H2,1-3H3,(H,21,22);1H. The van der Waals surface area contributed by atoms with Crippen LogP contribution < -0.4 is 15.4 Å². The van der Waals surface area contributed by atoms with Crippen LogP contribution in [0.3, 0.4) is 0 Å². The van der Waals surface area contributed by atoms with Gasteiger partial charge < -0.3 is 15.4 Å². The molecule has 2 fully saturated rings. The molecule has 24 heavy (non-hydrogen) atoms. The zero-order chi connectivity index (χ0) is 16.4. The first-order valence-electron chi connectivity index (χ1n) is 8.71. The van der Waals surface area contributed by atoms with E-state index in [0.29, 0.717) is 5.92 Å². The van der Waals surface area contributed by atoms with Crippen LogP contribution >= 0.6 is 12.4 Å². The van der Waals surface area contributed by atoms with Gasteiger partial charge in [-0.25, -0.2) is 0 Å². The van der Waals surface area contributed by atoms with Gasteiger partial charge in [0.05, 0.1) is 13.2 Å². The number of amides is 1. The van der Waals surface area contributed by atoms with Crippen LogP contribution in [0.15, 0.2) is 24.3 Å². The van der Waals surface area contributed by atoms with Gasteiger partial charge in [-0.3, -0.25) is 4.79 Å². The highest BCUT2D eigenvalue weighted by Crippen LogP contribution is 2.58. The van der Waals surface area contributed by atoms with Crippen LogP contribution in [0.5, 0.6) is 5.75 Å². The summed E-state index contributed by atoms with van der Waals surface area (Å²) in [5, 5.41) is 6.70. The molecule has 2 unspecified atom stereocenters. The van der Waals surface area contributed by atoms with Crippen molar-refractivity contribution < 1.29 is 9.53 Å². The van der Waals surface area contributed by atoms with Gasteiger partial charge in [0.1, 0.15) is 5.75 Å². The summed E-state index contributed by atoms with van der Waals surface area (Å²) in [5.41, 5.74) is 1.44. The van der Waals surface area contributed by atoms with Crippen LogP contribution in [0.2, 0.25) is 0 Å². The summed E-state index contributed by atoms with van der Waals surface area (Å²) < 4.78 is 5.22. The minimum absolute atomic E-state index is 0. The molecule has 1 aliphatic carbocycles. The molecule has 1 spiro atoms. The van der Waals surface area contributed by atoms with Gasteiger partial charge in [-0.1, -0.05) is 26.0 Å². The van der Waals surface area contributed by atoms with Crippen molar-refractivity contribution in [3.8, 4) is 5.75 Å². The number of benzene rings is 1. The average Bonchev–Trinajstić information content (AvgIpc) is 3.26. The zero-order valence-corrected chi connectivity index (χ0v) is 15.6. The van der Waals surface area contributed by atoms with Crippen molar-refractivity contribution in [3.63, 3.8) is 0 Å². The summed E-state index contributed by atoms with van der Waals surface area (Å²) in [7, 11) is 1.67. The van der Waals surface area contributed by atoms with Gasteiger partial charge in [0, 0.05) is 5.92 Å². The van der Waals surface area contributed by atoms with Crippen LogP contribution in [0.25, 0.3) is 0 Å². The summed E-state index contributed by atoms with van der Waals surface area (Å²) >= 11 is 0. The molecule has 134 valence electrons. The van der Waals surface area contributed by atoms with E-state index in [1.54, 1.807) is 7.11 Å². The minimum atomic E-state index is 0. The minimum Gasteiger partial charge on any atom is -0.497 e. The molecule has 0 aromatic heterocycles. The predicted molar refractivity (Wildman–Crippen MR) is 98.6 cm³/mol. The van der Waals surface area contributed by atoms with E-state index < -0.39 is 0 Å². The molecule has 2 N–H and O–H groups in total. The summed E-state index contributed by atoms with van der Waals surface area (Å²) in [6.45, 7) is 6.41. The Kier molecular flexibility index (Phi) is 6.16. The Morgan fingerprint density at radius 1 is 1.25 bits per heavy atom. The number of methoxy groups -OCH3 is 1. The molecular weight excluding hydrogens is 324 g/mol. The monoisotopic (exact) mass is 352 g/mol. The first-order valence-corrected chi connectivity index (χ1v) is 8.71. The van der Waals surface area contributed by atoms with Crippen LogP contribution in [-0.4, -0.2) is 26.1 Å². The molecule has 4 nitrogen and oxygen atoms in total. The first-order chi connectivity index (χ1) is 11.1. The third-order valence-electron chi connectivity index (χ3n) is 5.54. The van der Waals surface area contributed by atoms with Crippen molar-refractivity contribution in [2.75, 3.05) is 20.2 Å². The van der Waals surface area contributed by atoms with E-state index in [1.807, 2.05) is 12.1 Å². The average molecular weight is 353 g/mol. The molecule has 1 aliphatic heterocycles. The van der Waals surface area contributed by atoms with Gasteiger partial charge in [-0.05, 0) is 61.4 Å². The zero-order valence-electron chi connectivity index (χ0n) is 14.8. The largest absolute Gasteiger partial charge is 0.497 e. The molecule has 5 heteroatoms. The van der Waals surface area contributed by atoms with Gasteiger partial charge in [0.25, 0.3) is 0 Å². The highest BCUT2D eigenvalue weighted by molar-refractivity contribution is 5.85.